The smallest absolute Gasteiger partial charge is 0.306 e. The molecule has 1 aromatic carbocycles. The summed E-state index contributed by atoms with van der Waals surface area (Å²) >= 11 is 9.24. The Balaban J connectivity index is 1.64. The highest BCUT2D eigenvalue weighted by atomic mass is 79.9. The quantitative estimate of drug-likeness (QED) is 0.610. The Hall–Kier alpha value is -2.32. The van der Waals surface area contributed by atoms with Crippen molar-refractivity contribution < 1.29 is 23.5 Å². The highest BCUT2D eigenvalue weighted by Gasteiger charge is 2.12. The molecule has 0 radical (unpaired) electrons. The molecule has 1 heterocycles. The van der Waals surface area contributed by atoms with E-state index in [2.05, 4.69) is 26.6 Å². The van der Waals surface area contributed by atoms with Gasteiger partial charge >= 0.3 is 5.97 Å². The molecule has 0 atom stereocenters. The van der Waals surface area contributed by atoms with E-state index in [9.17, 15) is 14.4 Å². The highest BCUT2D eigenvalue weighted by molar-refractivity contribution is 9.10. The average Bonchev–Trinajstić information content (AvgIpc) is 3.12. The van der Waals surface area contributed by atoms with Crippen molar-refractivity contribution in [2.24, 2.45) is 0 Å². The lowest BCUT2D eigenvalue weighted by Gasteiger charge is -2.08. The summed E-state index contributed by atoms with van der Waals surface area (Å²) in [5, 5.41) is 5.50. The highest BCUT2D eigenvalue weighted by Crippen LogP contribution is 2.25. The fourth-order valence-corrected chi connectivity index (χ4v) is 2.62. The van der Waals surface area contributed by atoms with Crippen LogP contribution in [-0.2, 0) is 25.7 Å². The minimum atomic E-state index is -0.643. The molecule has 9 heteroatoms. The van der Waals surface area contributed by atoms with Crippen LogP contribution in [0.5, 0.6) is 0 Å². The van der Waals surface area contributed by atoms with Crippen LogP contribution in [0.25, 0.3) is 0 Å². The Morgan fingerprint density at radius 2 is 1.96 bits per heavy atom. The fourth-order valence-electron chi connectivity index (χ4n) is 1.90. The standard InChI is InChI=1S/C17H16BrClN2O5/c18-11-3-4-14(13(19)8-11)21-16(23)10-26-17(24)6-5-15(22)20-9-12-2-1-7-25-12/h1-4,7-8H,5-6,9-10H2,(H,20,22)(H,21,23). The van der Waals surface area contributed by atoms with E-state index in [1.54, 1.807) is 30.3 Å². The van der Waals surface area contributed by atoms with Crippen molar-refractivity contribution >= 4 is 51.0 Å². The van der Waals surface area contributed by atoms with Gasteiger partial charge in [0.1, 0.15) is 5.76 Å². The van der Waals surface area contributed by atoms with Gasteiger partial charge in [-0.05, 0) is 30.3 Å². The Kier molecular flexibility index (Phi) is 7.68. The monoisotopic (exact) mass is 442 g/mol. The van der Waals surface area contributed by atoms with E-state index in [-0.39, 0.29) is 25.3 Å². The van der Waals surface area contributed by atoms with Gasteiger partial charge in [-0.1, -0.05) is 27.5 Å². The third-order valence-corrected chi connectivity index (χ3v) is 3.97. The van der Waals surface area contributed by atoms with Gasteiger partial charge in [-0.2, -0.15) is 0 Å². The molecule has 0 unspecified atom stereocenters. The average molecular weight is 444 g/mol. The topological polar surface area (TPSA) is 97.6 Å². The molecule has 2 aromatic rings. The van der Waals surface area contributed by atoms with Gasteiger partial charge in [-0.15, -0.1) is 0 Å². The van der Waals surface area contributed by atoms with Crippen LogP contribution >= 0.6 is 27.5 Å². The van der Waals surface area contributed by atoms with E-state index in [0.29, 0.717) is 16.5 Å². The van der Waals surface area contributed by atoms with E-state index >= 15 is 0 Å². The molecule has 7 nitrogen and oxygen atoms in total. The maximum atomic E-state index is 11.8. The minimum Gasteiger partial charge on any atom is -0.467 e. The first-order valence-electron chi connectivity index (χ1n) is 7.63. The molecule has 0 aliphatic heterocycles. The maximum absolute atomic E-state index is 11.8. The number of furan rings is 1. The van der Waals surface area contributed by atoms with Crippen molar-refractivity contribution in [2.75, 3.05) is 11.9 Å². The second-order valence-corrected chi connectivity index (χ2v) is 6.51. The molecule has 2 rings (SSSR count). The first-order chi connectivity index (χ1) is 12.4. The van der Waals surface area contributed by atoms with Crippen LogP contribution in [0.2, 0.25) is 5.02 Å². The number of anilines is 1. The summed E-state index contributed by atoms with van der Waals surface area (Å²) in [5.41, 5.74) is 0.410. The summed E-state index contributed by atoms with van der Waals surface area (Å²) in [6.45, 7) is -0.212. The molecule has 2 amide bonds. The second kappa shape index (κ2) is 9.98. The van der Waals surface area contributed by atoms with Crippen molar-refractivity contribution in [1.29, 1.82) is 0 Å². The normalized spacial score (nSPS) is 10.2. The third kappa shape index (κ3) is 6.89. The number of nitrogens with one attached hydrogen (secondary N) is 2. The predicted molar refractivity (Wildman–Crippen MR) is 98.5 cm³/mol. The Labute approximate surface area is 163 Å². The van der Waals surface area contributed by atoms with Crippen LogP contribution in [0.15, 0.2) is 45.5 Å². The van der Waals surface area contributed by atoms with Gasteiger partial charge in [0.2, 0.25) is 5.91 Å². The van der Waals surface area contributed by atoms with Gasteiger partial charge in [-0.25, -0.2) is 0 Å². The van der Waals surface area contributed by atoms with Crippen LogP contribution in [0.4, 0.5) is 5.69 Å². The van der Waals surface area contributed by atoms with Gasteiger partial charge < -0.3 is 19.8 Å². The van der Waals surface area contributed by atoms with Crippen LogP contribution in [-0.4, -0.2) is 24.4 Å². The molecule has 0 spiro atoms. The van der Waals surface area contributed by atoms with Crippen LogP contribution < -0.4 is 10.6 Å². The summed E-state index contributed by atoms with van der Waals surface area (Å²) in [5.74, 6) is -0.867. The number of carbonyl (C=O) groups is 3. The lowest BCUT2D eigenvalue weighted by molar-refractivity contribution is -0.148. The third-order valence-electron chi connectivity index (χ3n) is 3.17. The number of carbonyl (C=O) groups excluding carboxylic acids is 3. The summed E-state index contributed by atoms with van der Waals surface area (Å²) < 4.78 is 10.7. The largest absolute Gasteiger partial charge is 0.467 e. The van der Waals surface area contributed by atoms with Crippen molar-refractivity contribution in [3.8, 4) is 0 Å². The molecule has 0 bridgehead atoms. The van der Waals surface area contributed by atoms with Gasteiger partial charge in [0.05, 0.1) is 29.9 Å². The summed E-state index contributed by atoms with van der Waals surface area (Å²) in [7, 11) is 0. The number of benzene rings is 1. The second-order valence-electron chi connectivity index (χ2n) is 5.19. The number of halogens is 2. The summed E-state index contributed by atoms with van der Waals surface area (Å²) in [4.78, 5) is 35.0. The molecule has 0 aliphatic carbocycles. The summed E-state index contributed by atoms with van der Waals surface area (Å²) in [6, 6.07) is 8.41. The molecular formula is C17H16BrClN2O5. The van der Waals surface area contributed by atoms with Crippen LogP contribution in [0.3, 0.4) is 0 Å². The molecule has 138 valence electrons. The molecular weight excluding hydrogens is 428 g/mol. The fraction of sp³-hybridized carbons (Fsp3) is 0.235. The molecule has 0 saturated carbocycles. The number of esters is 1. The Bertz CT molecular complexity index is 779. The Morgan fingerprint density at radius 3 is 2.65 bits per heavy atom. The van der Waals surface area contributed by atoms with Gasteiger partial charge in [0, 0.05) is 10.9 Å². The van der Waals surface area contributed by atoms with Gasteiger partial charge in [0.15, 0.2) is 6.61 Å². The van der Waals surface area contributed by atoms with Crippen molar-refractivity contribution in [3.05, 3.63) is 51.9 Å². The molecule has 0 saturated heterocycles. The van der Waals surface area contributed by atoms with E-state index in [4.69, 9.17) is 20.8 Å². The number of hydrogen-bond donors (Lipinski definition) is 2. The minimum absolute atomic E-state index is 0.0420. The van der Waals surface area contributed by atoms with Gasteiger partial charge in [0.25, 0.3) is 5.91 Å². The molecule has 2 N–H and O–H groups in total. The van der Waals surface area contributed by atoms with E-state index in [1.807, 2.05) is 0 Å². The van der Waals surface area contributed by atoms with Crippen LogP contribution in [0, 0.1) is 0 Å². The van der Waals surface area contributed by atoms with Crippen molar-refractivity contribution in [1.82, 2.24) is 5.32 Å². The first-order valence-corrected chi connectivity index (χ1v) is 8.81. The first kappa shape index (κ1) is 20.0. The van der Waals surface area contributed by atoms with E-state index in [0.717, 1.165) is 4.47 Å². The number of ether oxygens (including phenoxy) is 1. The zero-order valence-electron chi connectivity index (χ0n) is 13.6. The number of hydrogen-bond acceptors (Lipinski definition) is 5. The lowest BCUT2D eigenvalue weighted by atomic mass is 10.3. The molecule has 0 fully saturated rings. The molecule has 26 heavy (non-hydrogen) atoms. The zero-order chi connectivity index (χ0) is 18.9. The molecule has 1 aromatic heterocycles. The van der Waals surface area contributed by atoms with Crippen molar-refractivity contribution in [3.63, 3.8) is 0 Å². The SMILES string of the molecule is O=C(CCC(=O)OCC(=O)Nc1ccc(Br)cc1Cl)NCc1ccco1. The lowest BCUT2D eigenvalue weighted by Crippen LogP contribution is -2.24. The zero-order valence-corrected chi connectivity index (χ0v) is 15.9. The van der Waals surface area contributed by atoms with Crippen molar-refractivity contribution in [2.45, 2.75) is 19.4 Å². The van der Waals surface area contributed by atoms with Crippen LogP contribution in [0.1, 0.15) is 18.6 Å². The number of rotatable bonds is 8. The van der Waals surface area contributed by atoms with Gasteiger partial charge in [-0.3, -0.25) is 14.4 Å². The van der Waals surface area contributed by atoms with E-state index < -0.39 is 18.5 Å². The maximum Gasteiger partial charge on any atom is 0.306 e. The number of amides is 2. The Morgan fingerprint density at radius 1 is 1.15 bits per heavy atom. The predicted octanol–water partition coefficient (Wildman–Crippen LogP) is 3.27. The summed E-state index contributed by atoms with van der Waals surface area (Å²) in [6.07, 6.45) is 1.33. The van der Waals surface area contributed by atoms with E-state index in [1.165, 1.54) is 6.26 Å². The molecule has 0 aliphatic rings.